The van der Waals surface area contributed by atoms with Crippen LogP contribution in [-0.2, 0) is 26.3 Å². The predicted molar refractivity (Wildman–Crippen MR) is 89.4 cm³/mol. The van der Waals surface area contributed by atoms with Crippen LogP contribution in [0.3, 0.4) is 0 Å². The Morgan fingerprint density at radius 1 is 1.33 bits per heavy atom. The summed E-state index contributed by atoms with van der Waals surface area (Å²) in [5, 5.41) is 8.02. The molecule has 0 bridgehead atoms. The Morgan fingerprint density at radius 2 is 2.10 bits per heavy atom. The van der Waals surface area contributed by atoms with E-state index in [-0.39, 0.29) is 6.04 Å². The lowest BCUT2D eigenvalue weighted by Crippen LogP contribution is -2.21. The Labute approximate surface area is 135 Å². The van der Waals surface area contributed by atoms with E-state index in [2.05, 4.69) is 51.2 Å². The van der Waals surface area contributed by atoms with Crippen LogP contribution in [0.5, 0.6) is 0 Å². The summed E-state index contributed by atoms with van der Waals surface area (Å²) in [5.74, 6) is 0. The molecule has 0 amide bonds. The van der Waals surface area contributed by atoms with Crippen LogP contribution in [0.25, 0.3) is 0 Å². The number of pyridine rings is 1. The van der Waals surface area contributed by atoms with Crippen molar-refractivity contribution in [1.29, 1.82) is 0 Å². The van der Waals surface area contributed by atoms with Crippen LogP contribution in [-0.4, -0.2) is 21.8 Å². The number of halogens is 1. The maximum absolute atomic E-state index is 4.58. The molecule has 5 heteroatoms. The molecule has 0 radical (unpaired) electrons. The molecule has 0 spiro atoms. The fraction of sp³-hybridized carbons (Fsp3) is 0.500. The van der Waals surface area contributed by atoms with Gasteiger partial charge in [-0.2, -0.15) is 5.10 Å². The summed E-state index contributed by atoms with van der Waals surface area (Å²) >= 11 is 3.70. The smallest absolute Gasteiger partial charge is 0.0766 e. The molecule has 2 aromatic rings. The minimum atomic E-state index is 0.263. The number of nitrogens with zero attached hydrogens (tertiary/aromatic N) is 3. The predicted octanol–water partition coefficient (Wildman–Crippen LogP) is 3.21. The molecule has 0 fully saturated rings. The van der Waals surface area contributed by atoms with Crippen molar-refractivity contribution in [3.05, 3.63) is 45.4 Å². The number of hydrogen-bond acceptors (Lipinski definition) is 3. The lowest BCUT2D eigenvalue weighted by atomic mass is 9.97. The fourth-order valence-corrected chi connectivity index (χ4v) is 3.45. The second-order valence-electron chi connectivity index (χ2n) is 5.16. The van der Waals surface area contributed by atoms with Crippen molar-refractivity contribution in [3.63, 3.8) is 0 Å². The highest BCUT2D eigenvalue weighted by Crippen LogP contribution is 2.28. The fourth-order valence-electron chi connectivity index (χ4n) is 2.68. The molecule has 0 saturated heterocycles. The van der Waals surface area contributed by atoms with Crippen molar-refractivity contribution in [1.82, 2.24) is 20.1 Å². The number of aryl methyl sites for hydroxylation is 3. The topological polar surface area (TPSA) is 42.7 Å². The molecule has 0 aliphatic heterocycles. The quantitative estimate of drug-likeness (QED) is 0.869. The van der Waals surface area contributed by atoms with Gasteiger partial charge < -0.3 is 5.32 Å². The first kappa shape index (κ1) is 16.2. The van der Waals surface area contributed by atoms with E-state index in [1.807, 2.05) is 31.2 Å². The Balaban J connectivity index is 2.34. The number of hydrogen-bond donors (Lipinski definition) is 1. The summed E-state index contributed by atoms with van der Waals surface area (Å²) in [6.45, 7) is 4.30. The number of likely N-dealkylation sites (N-methyl/N-ethyl adjacent to an activating group) is 1. The molecule has 2 aromatic heterocycles. The van der Waals surface area contributed by atoms with Gasteiger partial charge in [0.2, 0.25) is 0 Å². The van der Waals surface area contributed by atoms with Crippen LogP contribution in [0.15, 0.2) is 22.9 Å². The van der Waals surface area contributed by atoms with Crippen LogP contribution in [0.1, 0.15) is 42.4 Å². The molecular weight excluding hydrogens is 328 g/mol. The zero-order valence-corrected chi connectivity index (χ0v) is 14.7. The zero-order valence-electron chi connectivity index (χ0n) is 13.2. The third-order valence-electron chi connectivity index (χ3n) is 3.95. The molecule has 1 atom stereocenters. The van der Waals surface area contributed by atoms with Crippen LogP contribution in [0, 0.1) is 0 Å². The number of rotatable bonds is 6. The van der Waals surface area contributed by atoms with E-state index in [9.17, 15) is 0 Å². The number of aromatic nitrogens is 3. The Hall–Kier alpha value is -1.20. The third-order valence-corrected chi connectivity index (χ3v) is 4.86. The molecule has 0 saturated carbocycles. The van der Waals surface area contributed by atoms with Gasteiger partial charge in [0.15, 0.2) is 0 Å². The Kier molecular flexibility index (Phi) is 5.53. The van der Waals surface area contributed by atoms with Crippen molar-refractivity contribution in [2.75, 3.05) is 7.05 Å². The van der Waals surface area contributed by atoms with Crippen LogP contribution in [0.4, 0.5) is 0 Å². The first-order chi connectivity index (χ1) is 10.1. The van der Waals surface area contributed by atoms with Gasteiger partial charge in [0.25, 0.3) is 0 Å². The van der Waals surface area contributed by atoms with Gasteiger partial charge in [-0.1, -0.05) is 13.8 Å². The molecule has 4 nitrogen and oxygen atoms in total. The minimum absolute atomic E-state index is 0.263. The second-order valence-corrected chi connectivity index (χ2v) is 5.95. The highest BCUT2D eigenvalue weighted by Gasteiger charge is 2.19. The van der Waals surface area contributed by atoms with E-state index in [1.54, 1.807) is 0 Å². The lowest BCUT2D eigenvalue weighted by Gasteiger charge is -2.19. The standard InChI is InChI=1S/C16H23BrN4/c1-5-11-10-19-8-7-12(11)14(18-3)9-15-16(17)13(6-2)20-21(15)4/h7-8,10,14,18H,5-6,9H2,1-4H3. The SMILES string of the molecule is CCc1cnccc1C(Cc1c(Br)c(CC)nn1C)NC. The van der Waals surface area contributed by atoms with Crippen LogP contribution >= 0.6 is 15.9 Å². The highest BCUT2D eigenvalue weighted by molar-refractivity contribution is 9.10. The maximum atomic E-state index is 4.58. The maximum Gasteiger partial charge on any atom is 0.0766 e. The van der Waals surface area contributed by atoms with Crippen molar-refractivity contribution in [2.45, 2.75) is 39.2 Å². The summed E-state index contributed by atoms with van der Waals surface area (Å²) in [6.07, 6.45) is 6.67. The van der Waals surface area contributed by atoms with Gasteiger partial charge in [0.1, 0.15) is 0 Å². The van der Waals surface area contributed by atoms with E-state index < -0.39 is 0 Å². The average molecular weight is 351 g/mol. The van der Waals surface area contributed by atoms with Crippen LogP contribution < -0.4 is 5.32 Å². The van der Waals surface area contributed by atoms with Crippen molar-refractivity contribution < 1.29 is 0 Å². The van der Waals surface area contributed by atoms with E-state index in [4.69, 9.17) is 0 Å². The first-order valence-electron chi connectivity index (χ1n) is 7.42. The molecule has 1 unspecified atom stereocenters. The van der Waals surface area contributed by atoms with E-state index >= 15 is 0 Å². The minimum Gasteiger partial charge on any atom is -0.313 e. The van der Waals surface area contributed by atoms with Gasteiger partial charge in [-0.15, -0.1) is 0 Å². The molecule has 0 aliphatic rings. The molecule has 2 heterocycles. The van der Waals surface area contributed by atoms with Gasteiger partial charge in [0.05, 0.1) is 15.9 Å². The molecular formula is C16H23BrN4. The highest BCUT2D eigenvalue weighted by atomic mass is 79.9. The van der Waals surface area contributed by atoms with E-state index in [0.717, 1.165) is 29.4 Å². The van der Waals surface area contributed by atoms with Gasteiger partial charge in [-0.25, -0.2) is 0 Å². The largest absolute Gasteiger partial charge is 0.313 e. The summed E-state index contributed by atoms with van der Waals surface area (Å²) in [6, 6.07) is 2.38. The summed E-state index contributed by atoms with van der Waals surface area (Å²) in [7, 11) is 4.02. The van der Waals surface area contributed by atoms with E-state index in [0.29, 0.717) is 0 Å². The van der Waals surface area contributed by atoms with Gasteiger partial charge in [-0.05, 0) is 53.0 Å². The average Bonchev–Trinajstić information content (AvgIpc) is 2.79. The van der Waals surface area contributed by atoms with Crippen molar-refractivity contribution >= 4 is 15.9 Å². The summed E-state index contributed by atoms with van der Waals surface area (Å²) in [4.78, 5) is 4.24. The normalized spacial score (nSPS) is 12.6. The van der Waals surface area contributed by atoms with Crippen molar-refractivity contribution in [2.24, 2.45) is 7.05 Å². The Morgan fingerprint density at radius 3 is 2.67 bits per heavy atom. The zero-order chi connectivity index (χ0) is 15.4. The molecule has 114 valence electrons. The molecule has 2 rings (SSSR count). The van der Waals surface area contributed by atoms with Crippen LogP contribution in [0.2, 0.25) is 0 Å². The van der Waals surface area contributed by atoms with Gasteiger partial charge in [-0.3, -0.25) is 9.67 Å². The molecule has 0 aliphatic carbocycles. The Bertz CT molecular complexity index is 606. The second kappa shape index (κ2) is 7.18. The molecule has 1 N–H and O–H groups in total. The monoisotopic (exact) mass is 350 g/mol. The first-order valence-corrected chi connectivity index (χ1v) is 8.21. The molecule has 21 heavy (non-hydrogen) atoms. The summed E-state index contributed by atoms with van der Waals surface area (Å²) in [5.41, 5.74) is 4.96. The number of nitrogens with one attached hydrogen (secondary N) is 1. The van der Waals surface area contributed by atoms with Crippen molar-refractivity contribution in [3.8, 4) is 0 Å². The molecule has 0 aromatic carbocycles. The third kappa shape index (κ3) is 3.35. The van der Waals surface area contributed by atoms with E-state index in [1.165, 1.54) is 16.8 Å². The van der Waals surface area contributed by atoms with Gasteiger partial charge >= 0.3 is 0 Å². The summed E-state index contributed by atoms with van der Waals surface area (Å²) < 4.78 is 3.12. The lowest BCUT2D eigenvalue weighted by molar-refractivity contribution is 0.555. The van der Waals surface area contributed by atoms with Gasteiger partial charge in [0, 0.05) is 31.9 Å².